The molecule has 2 atom stereocenters. The average Bonchev–Trinajstić information content (AvgIpc) is 2.69. The molecule has 0 fully saturated rings. The minimum atomic E-state index is -0.940. The number of hydrogen-bond donors (Lipinski definition) is 1. The minimum Gasteiger partial charge on any atom is -0.444 e. The molecule has 0 aliphatic heterocycles. The topological polar surface area (TPSA) is 94.8 Å². The molecule has 7 nitrogen and oxygen atoms in total. The second kappa shape index (κ2) is 10.9. The molecule has 8 heteroatoms. The predicted molar refractivity (Wildman–Crippen MR) is 124 cm³/mol. The van der Waals surface area contributed by atoms with Gasteiger partial charge in [0.2, 0.25) is 0 Å². The molecular weight excluding hydrogens is 434 g/mol. The first-order valence-corrected chi connectivity index (χ1v) is 11.3. The first-order valence-electron chi connectivity index (χ1n) is 10.9. The number of unbranched alkanes of at least 4 members (excludes halogenated alkanes) is 1. The number of nitrogens with one attached hydrogen (secondary N) is 1. The maximum absolute atomic E-state index is 12.9. The second-order valence-corrected chi connectivity index (χ2v) is 9.31. The van der Waals surface area contributed by atoms with Crippen LogP contribution in [0.15, 0.2) is 27.4 Å². The zero-order valence-corrected chi connectivity index (χ0v) is 20.3. The van der Waals surface area contributed by atoms with Crippen molar-refractivity contribution in [2.24, 2.45) is 5.92 Å². The van der Waals surface area contributed by atoms with E-state index in [9.17, 15) is 14.4 Å². The first kappa shape index (κ1) is 25.7. The molecule has 0 aliphatic carbocycles. The summed E-state index contributed by atoms with van der Waals surface area (Å²) < 4.78 is 16.1. The van der Waals surface area contributed by atoms with Crippen LogP contribution in [-0.2, 0) is 16.0 Å². The van der Waals surface area contributed by atoms with Crippen molar-refractivity contribution in [2.45, 2.75) is 78.9 Å². The summed E-state index contributed by atoms with van der Waals surface area (Å²) in [5, 5.41) is 3.50. The molecule has 0 aliphatic rings. The van der Waals surface area contributed by atoms with Crippen LogP contribution in [0.2, 0.25) is 5.02 Å². The molecular formula is C24H32ClNO6. The molecule has 1 aromatic heterocycles. The van der Waals surface area contributed by atoms with Crippen LogP contribution in [-0.4, -0.2) is 23.7 Å². The molecule has 1 N–H and O–H groups in total. The third kappa shape index (κ3) is 6.99. The lowest BCUT2D eigenvalue weighted by Crippen LogP contribution is -2.48. The summed E-state index contributed by atoms with van der Waals surface area (Å²) in [6.45, 7) is 11.0. The number of hydrogen-bond acceptors (Lipinski definition) is 6. The Balaban J connectivity index is 2.32. The summed E-state index contributed by atoms with van der Waals surface area (Å²) in [6, 6.07) is 3.59. The zero-order valence-electron chi connectivity index (χ0n) is 19.5. The lowest BCUT2D eigenvalue weighted by atomic mass is 9.99. The van der Waals surface area contributed by atoms with Gasteiger partial charge in [0.25, 0.3) is 0 Å². The summed E-state index contributed by atoms with van der Waals surface area (Å²) in [6.07, 6.45) is 2.52. The third-order valence-corrected chi connectivity index (χ3v) is 5.33. The van der Waals surface area contributed by atoms with E-state index in [4.69, 9.17) is 25.5 Å². The van der Waals surface area contributed by atoms with Gasteiger partial charge in [0.15, 0.2) is 5.75 Å². The molecule has 32 heavy (non-hydrogen) atoms. The predicted octanol–water partition coefficient (Wildman–Crippen LogP) is 5.63. The fourth-order valence-electron chi connectivity index (χ4n) is 3.16. The third-order valence-electron chi connectivity index (χ3n) is 5.03. The van der Waals surface area contributed by atoms with Crippen molar-refractivity contribution < 1.29 is 23.5 Å². The van der Waals surface area contributed by atoms with E-state index in [1.165, 1.54) is 12.1 Å². The SMILES string of the molecule is CCCCc1cc(=O)oc2cc(OC(=O)C(NC(=O)OC(C)(C)C)C(C)CC)c(Cl)cc12. The Bertz CT molecular complexity index is 1020. The van der Waals surface area contributed by atoms with Crippen molar-refractivity contribution in [2.75, 3.05) is 0 Å². The van der Waals surface area contributed by atoms with Crippen LogP contribution >= 0.6 is 11.6 Å². The highest BCUT2D eigenvalue weighted by molar-refractivity contribution is 6.33. The van der Waals surface area contributed by atoms with Crippen molar-refractivity contribution in [3.63, 3.8) is 0 Å². The molecule has 2 rings (SSSR count). The van der Waals surface area contributed by atoms with Crippen molar-refractivity contribution in [1.82, 2.24) is 5.32 Å². The van der Waals surface area contributed by atoms with Gasteiger partial charge in [-0.1, -0.05) is 45.2 Å². The molecule has 0 spiro atoms. The van der Waals surface area contributed by atoms with Crippen LogP contribution in [0, 0.1) is 5.92 Å². The van der Waals surface area contributed by atoms with Gasteiger partial charge >= 0.3 is 17.7 Å². The van der Waals surface area contributed by atoms with Gasteiger partial charge in [-0.05, 0) is 51.2 Å². The summed E-state index contributed by atoms with van der Waals surface area (Å²) in [5.74, 6) is -0.844. The fourth-order valence-corrected chi connectivity index (χ4v) is 3.36. The highest BCUT2D eigenvalue weighted by atomic mass is 35.5. The number of fused-ring (bicyclic) bond motifs is 1. The number of carbonyl (C=O) groups is 2. The Kier molecular flexibility index (Phi) is 8.73. The van der Waals surface area contributed by atoms with E-state index in [2.05, 4.69) is 12.2 Å². The Hall–Kier alpha value is -2.54. The van der Waals surface area contributed by atoms with Crippen LogP contribution in [0.5, 0.6) is 5.75 Å². The maximum Gasteiger partial charge on any atom is 0.408 e. The van der Waals surface area contributed by atoms with Gasteiger partial charge < -0.3 is 19.2 Å². The summed E-state index contributed by atoms with van der Waals surface area (Å²) in [5.41, 5.74) is -0.0620. The number of ether oxygens (including phenoxy) is 2. The van der Waals surface area contributed by atoms with Gasteiger partial charge in [-0.25, -0.2) is 14.4 Å². The van der Waals surface area contributed by atoms with E-state index in [1.807, 2.05) is 13.8 Å². The highest BCUT2D eigenvalue weighted by Gasteiger charge is 2.30. The minimum absolute atomic E-state index is 0.0549. The number of carbonyl (C=O) groups excluding carboxylic acids is 2. The van der Waals surface area contributed by atoms with Crippen molar-refractivity contribution in [1.29, 1.82) is 0 Å². The average molecular weight is 466 g/mol. The van der Waals surface area contributed by atoms with E-state index in [-0.39, 0.29) is 22.3 Å². The Morgan fingerprint density at radius 1 is 1.19 bits per heavy atom. The van der Waals surface area contributed by atoms with Gasteiger partial charge in [-0.2, -0.15) is 0 Å². The highest BCUT2D eigenvalue weighted by Crippen LogP contribution is 2.32. The number of esters is 1. The standard InChI is InChI=1S/C24H32ClNO6/c1-7-9-10-15-11-20(27)30-18-13-19(17(25)12-16(15)18)31-22(28)21(14(3)8-2)26-23(29)32-24(4,5)6/h11-14,21H,7-10H2,1-6H3,(H,26,29). The molecule has 0 bridgehead atoms. The molecule has 2 unspecified atom stereocenters. The van der Waals surface area contributed by atoms with Crippen LogP contribution in [0.1, 0.15) is 66.4 Å². The normalized spacial score (nSPS) is 13.5. The Labute approximate surface area is 193 Å². The molecule has 176 valence electrons. The van der Waals surface area contributed by atoms with Crippen LogP contribution in [0.3, 0.4) is 0 Å². The van der Waals surface area contributed by atoms with E-state index in [1.54, 1.807) is 26.8 Å². The number of halogens is 1. The van der Waals surface area contributed by atoms with E-state index >= 15 is 0 Å². The van der Waals surface area contributed by atoms with E-state index in [0.29, 0.717) is 18.2 Å². The maximum atomic E-state index is 12.9. The Morgan fingerprint density at radius 2 is 1.88 bits per heavy atom. The van der Waals surface area contributed by atoms with Gasteiger partial charge in [-0.15, -0.1) is 0 Å². The van der Waals surface area contributed by atoms with E-state index < -0.39 is 29.3 Å². The molecule has 2 aromatic rings. The zero-order chi connectivity index (χ0) is 24.1. The van der Waals surface area contributed by atoms with Crippen molar-refractivity contribution in [3.05, 3.63) is 39.2 Å². The number of alkyl carbamates (subject to hydrolysis) is 1. The lowest BCUT2D eigenvalue weighted by Gasteiger charge is -2.25. The Morgan fingerprint density at radius 3 is 2.47 bits per heavy atom. The largest absolute Gasteiger partial charge is 0.444 e. The molecule has 0 radical (unpaired) electrons. The van der Waals surface area contributed by atoms with Gasteiger partial charge in [0.05, 0.1) is 5.02 Å². The summed E-state index contributed by atoms with van der Waals surface area (Å²) in [7, 11) is 0. The second-order valence-electron chi connectivity index (χ2n) is 8.90. The fraction of sp³-hybridized carbons (Fsp3) is 0.542. The van der Waals surface area contributed by atoms with Gasteiger partial charge in [0.1, 0.15) is 17.2 Å². The van der Waals surface area contributed by atoms with Gasteiger partial charge in [-0.3, -0.25) is 0 Å². The van der Waals surface area contributed by atoms with Crippen LogP contribution < -0.4 is 15.7 Å². The van der Waals surface area contributed by atoms with Crippen LogP contribution in [0.25, 0.3) is 11.0 Å². The summed E-state index contributed by atoms with van der Waals surface area (Å²) >= 11 is 6.40. The van der Waals surface area contributed by atoms with Crippen molar-refractivity contribution in [3.8, 4) is 5.75 Å². The molecule has 0 saturated carbocycles. The first-order chi connectivity index (χ1) is 14.9. The molecule has 1 aromatic carbocycles. The quantitative estimate of drug-likeness (QED) is 0.308. The monoisotopic (exact) mass is 465 g/mol. The van der Waals surface area contributed by atoms with Crippen molar-refractivity contribution >= 4 is 34.6 Å². The van der Waals surface area contributed by atoms with E-state index in [0.717, 1.165) is 18.4 Å². The molecule has 1 heterocycles. The smallest absolute Gasteiger partial charge is 0.408 e. The lowest BCUT2D eigenvalue weighted by molar-refractivity contribution is -0.138. The number of rotatable bonds is 8. The number of amides is 1. The number of benzene rings is 1. The van der Waals surface area contributed by atoms with Crippen LogP contribution in [0.4, 0.5) is 4.79 Å². The summed E-state index contributed by atoms with van der Waals surface area (Å²) in [4.78, 5) is 37.2. The number of aryl methyl sites for hydroxylation is 1. The molecule has 0 saturated heterocycles. The molecule has 1 amide bonds. The van der Waals surface area contributed by atoms with Gasteiger partial charge in [0, 0.05) is 17.5 Å².